The maximum absolute atomic E-state index is 13.0. The highest BCUT2D eigenvalue weighted by atomic mass is 19.1. The third-order valence-corrected chi connectivity index (χ3v) is 4.17. The van der Waals surface area contributed by atoms with E-state index in [0.29, 0.717) is 17.8 Å². The first-order valence-electron chi connectivity index (χ1n) is 7.94. The number of para-hydroxylation sites is 1. The SMILES string of the molecule is Cc1nc2ccccc2cc1C(=O)NCC(C)c1ccc(F)cc1. The summed E-state index contributed by atoms with van der Waals surface area (Å²) in [5.74, 6) is -0.296. The van der Waals surface area contributed by atoms with Crippen LogP contribution in [0.25, 0.3) is 10.9 Å². The van der Waals surface area contributed by atoms with Gasteiger partial charge in [-0.15, -0.1) is 0 Å². The third-order valence-electron chi connectivity index (χ3n) is 4.17. The van der Waals surface area contributed by atoms with Crippen molar-refractivity contribution in [3.63, 3.8) is 0 Å². The number of aryl methyl sites for hydroxylation is 1. The fourth-order valence-corrected chi connectivity index (χ4v) is 2.69. The molecule has 24 heavy (non-hydrogen) atoms. The second-order valence-electron chi connectivity index (χ2n) is 5.98. The van der Waals surface area contributed by atoms with Crippen LogP contribution in [0.5, 0.6) is 0 Å². The zero-order valence-corrected chi connectivity index (χ0v) is 13.7. The first kappa shape index (κ1) is 16.1. The smallest absolute Gasteiger partial charge is 0.253 e. The first-order chi connectivity index (χ1) is 11.5. The van der Waals surface area contributed by atoms with Gasteiger partial charge >= 0.3 is 0 Å². The van der Waals surface area contributed by atoms with Crippen molar-refractivity contribution in [1.29, 1.82) is 0 Å². The van der Waals surface area contributed by atoms with Crippen LogP contribution in [-0.2, 0) is 0 Å². The van der Waals surface area contributed by atoms with Crippen LogP contribution in [0.15, 0.2) is 54.6 Å². The van der Waals surface area contributed by atoms with Crippen molar-refractivity contribution in [2.75, 3.05) is 6.54 Å². The number of rotatable bonds is 4. The summed E-state index contributed by atoms with van der Waals surface area (Å²) < 4.78 is 13.0. The van der Waals surface area contributed by atoms with Gasteiger partial charge in [-0.05, 0) is 42.7 Å². The normalized spacial score (nSPS) is 12.1. The van der Waals surface area contributed by atoms with Gasteiger partial charge in [-0.1, -0.05) is 37.3 Å². The zero-order chi connectivity index (χ0) is 17.1. The van der Waals surface area contributed by atoms with Crippen LogP contribution in [0.4, 0.5) is 4.39 Å². The third kappa shape index (κ3) is 3.43. The molecule has 0 aliphatic heterocycles. The minimum atomic E-state index is -0.257. The Hall–Kier alpha value is -2.75. The van der Waals surface area contributed by atoms with Crippen molar-refractivity contribution >= 4 is 16.8 Å². The maximum atomic E-state index is 13.0. The molecule has 1 atom stereocenters. The average Bonchev–Trinajstić information content (AvgIpc) is 2.59. The van der Waals surface area contributed by atoms with Crippen LogP contribution in [0.2, 0.25) is 0 Å². The molecule has 1 N–H and O–H groups in total. The number of halogens is 1. The van der Waals surface area contributed by atoms with Crippen molar-refractivity contribution < 1.29 is 9.18 Å². The summed E-state index contributed by atoms with van der Waals surface area (Å²) in [7, 11) is 0. The fourth-order valence-electron chi connectivity index (χ4n) is 2.69. The summed E-state index contributed by atoms with van der Waals surface area (Å²) >= 11 is 0. The van der Waals surface area contributed by atoms with E-state index in [1.54, 1.807) is 12.1 Å². The van der Waals surface area contributed by atoms with E-state index in [-0.39, 0.29) is 17.6 Å². The summed E-state index contributed by atoms with van der Waals surface area (Å²) in [6.45, 7) is 4.32. The van der Waals surface area contributed by atoms with Gasteiger partial charge in [0.15, 0.2) is 0 Å². The molecule has 3 nitrogen and oxygen atoms in total. The lowest BCUT2D eigenvalue weighted by Gasteiger charge is -2.14. The lowest BCUT2D eigenvalue weighted by atomic mass is 10.0. The summed E-state index contributed by atoms with van der Waals surface area (Å²) in [4.78, 5) is 17.0. The Morgan fingerprint density at radius 1 is 1.17 bits per heavy atom. The molecule has 1 unspecified atom stereocenters. The summed E-state index contributed by atoms with van der Waals surface area (Å²) in [6.07, 6.45) is 0. The topological polar surface area (TPSA) is 42.0 Å². The molecule has 0 aliphatic rings. The lowest BCUT2D eigenvalue weighted by Crippen LogP contribution is -2.28. The second kappa shape index (κ2) is 6.79. The highest BCUT2D eigenvalue weighted by Gasteiger charge is 2.13. The molecule has 1 heterocycles. The number of hydrogen-bond acceptors (Lipinski definition) is 2. The number of fused-ring (bicyclic) bond motifs is 1. The van der Waals surface area contributed by atoms with Gasteiger partial charge in [0, 0.05) is 11.9 Å². The maximum Gasteiger partial charge on any atom is 0.253 e. The van der Waals surface area contributed by atoms with Gasteiger partial charge in [0.1, 0.15) is 5.82 Å². The zero-order valence-electron chi connectivity index (χ0n) is 13.7. The number of hydrogen-bond donors (Lipinski definition) is 1. The molecule has 0 radical (unpaired) electrons. The Morgan fingerprint density at radius 2 is 1.88 bits per heavy atom. The van der Waals surface area contributed by atoms with Crippen LogP contribution < -0.4 is 5.32 Å². The molecule has 0 fully saturated rings. The van der Waals surface area contributed by atoms with E-state index in [1.165, 1.54) is 12.1 Å². The van der Waals surface area contributed by atoms with Crippen molar-refractivity contribution in [3.05, 3.63) is 77.2 Å². The molecule has 3 rings (SSSR count). The van der Waals surface area contributed by atoms with Crippen LogP contribution in [0.1, 0.15) is 34.5 Å². The molecule has 0 saturated heterocycles. The minimum Gasteiger partial charge on any atom is -0.351 e. The Kier molecular flexibility index (Phi) is 4.56. The Labute approximate surface area is 140 Å². The van der Waals surface area contributed by atoms with Gasteiger partial charge < -0.3 is 5.32 Å². The predicted molar refractivity (Wildman–Crippen MR) is 93.6 cm³/mol. The molecular formula is C20H19FN2O. The Bertz CT molecular complexity index is 874. The molecule has 0 spiro atoms. The summed E-state index contributed by atoms with van der Waals surface area (Å²) in [5, 5.41) is 3.89. The Morgan fingerprint density at radius 3 is 2.62 bits per heavy atom. The van der Waals surface area contributed by atoms with E-state index in [0.717, 1.165) is 16.5 Å². The van der Waals surface area contributed by atoms with E-state index >= 15 is 0 Å². The number of carbonyl (C=O) groups is 1. The quantitative estimate of drug-likeness (QED) is 0.781. The molecule has 0 aliphatic carbocycles. The molecule has 0 saturated carbocycles. The molecular weight excluding hydrogens is 303 g/mol. The van der Waals surface area contributed by atoms with E-state index < -0.39 is 0 Å². The largest absolute Gasteiger partial charge is 0.351 e. The van der Waals surface area contributed by atoms with E-state index in [1.807, 2.05) is 44.2 Å². The first-order valence-corrected chi connectivity index (χ1v) is 7.94. The van der Waals surface area contributed by atoms with Crippen LogP contribution in [-0.4, -0.2) is 17.4 Å². The second-order valence-corrected chi connectivity index (χ2v) is 5.98. The van der Waals surface area contributed by atoms with Gasteiger partial charge in [-0.2, -0.15) is 0 Å². The van der Waals surface area contributed by atoms with Crippen LogP contribution in [0, 0.1) is 12.7 Å². The summed E-state index contributed by atoms with van der Waals surface area (Å²) in [6, 6.07) is 16.0. The van der Waals surface area contributed by atoms with Crippen LogP contribution in [0.3, 0.4) is 0 Å². The monoisotopic (exact) mass is 322 g/mol. The van der Waals surface area contributed by atoms with Crippen molar-refractivity contribution in [2.45, 2.75) is 19.8 Å². The Balaban J connectivity index is 1.73. The molecule has 1 aromatic heterocycles. The molecule has 0 bridgehead atoms. The van der Waals surface area contributed by atoms with Crippen molar-refractivity contribution in [2.24, 2.45) is 0 Å². The van der Waals surface area contributed by atoms with Gasteiger partial charge in [0.05, 0.1) is 16.8 Å². The van der Waals surface area contributed by atoms with E-state index in [4.69, 9.17) is 0 Å². The van der Waals surface area contributed by atoms with Crippen molar-refractivity contribution in [1.82, 2.24) is 10.3 Å². The molecule has 2 aromatic carbocycles. The highest BCUT2D eigenvalue weighted by molar-refractivity contribution is 5.98. The standard InChI is InChI=1S/C20H19FN2O/c1-13(15-7-9-17(21)10-8-15)12-22-20(24)18-11-16-5-3-4-6-19(16)23-14(18)2/h3-11,13H,12H2,1-2H3,(H,22,24). The van der Waals surface area contributed by atoms with Gasteiger partial charge in [0.25, 0.3) is 5.91 Å². The van der Waals surface area contributed by atoms with Gasteiger partial charge in [-0.25, -0.2) is 4.39 Å². The molecule has 3 aromatic rings. The number of carbonyl (C=O) groups excluding carboxylic acids is 1. The number of aromatic nitrogens is 1. The molecule has 1 amide bonds. The average molecular weight is 322 g/mol. The van der Waals surface area contributed by atoms with Crippen molar-refractivity contribution in [3.8, 4) is 0 Å². The number of pyridine rings is 1. The number of amides is 1. The number of benzene rings is 2. The van der Waals surface area contributed by atoms with E-state index in [9.17, 15) is 9.18 Å². The van der Waals surface area contributed by atoms with E-state index in [2.05, 4.69) is 10.3 Å². The summed E-state index contributed by atoms with van der Waals surface area (Å²) in [5.41, 5.74) is 3.16. The highest BCUT2D eigenvalue weighted by Crippen LogP contribution is 2.18. The predicted octanol–water partition coefficient (Wildman–Crippen LogP) is 4.22. The number of nitrogens with zero attached hydrogens (tertiary/aromatic N) is 1. The molecule has 4 heteroatoms. The van der Waals surface area contributed by atoms with Crippen LogP contribution >= 0.6 is 0 Å². The fraction of sp³-hybridized carbons (Fsp3) is 0.200. The van der Waals surface area contributed by atoms with Gasteiger partial charge in [-0.3, -0.25) is 9.78 Å². The molecule has 122 valence electrons. The number of nitrogens with one attached hydrogen (secondary N) is 1. The van der Waals surface area contributed by atoms with Gasteiger partial charge in [0.2, 0.25) is 0 Å². The minimum absolute atomic E-state index is 0.100. The lowest BCUT2D eigenvalue weighted by molar-refractivity contribution is 0.0951.